The molecule has 0 aliphatic carbocycles. The van der Waals surface area contributed by atoms with E-state index in [9.17, 15) is 8.78 Å². The second-order valence-electron chi connectivity index (χ2n) is 5.94. The molecule has 0 amide bonds. The predicted octanol–water partition coefficient (Wildman–Crippen LogP) is 2.58. The van der Waals surface area contributed by atoms with Gasteiger partial charge in [-0.1, -0.05) is 19.9 Å². The van der Waals surface area contributed by atoms with Gasteiger partial charge in [0, 0.05) is 24.5 Å². The fourth-order valence-electron chi connectivity index (χ4n) is 2.51. The van der Waals surface area contributed by atoms with Gasteiger partial charge in [-0.05, 0) is 37.1 Å². The molecule has 0 aromatic heterocycles. The Morgan fingerprint density at radius 2 is 2.11 bits per heavy atom. The van der Waals surface area contributed by atoms with Crippen LogP contribution in [0.1, 0.15) is 32.3 Å². The second kappa shape index (κ2) is 5.97. The van der Waals surface area contributed by atoms with E-state index in [1.54, 1.807) is 6.07 Å². The molecule has 2 N–H and O–H groups in total. The summed E-state index contributed by atoms with van der Waals surface area (Å²) in [6, 6.07) is 4.70. The molecule has 1 aliphatic heterocycles. The minimum absolute atomic E-state index is 0.215. The molecule has 1 fully saturated rings. The molecule has 1 unspecified atom stereocenters. The van der Waals surface area contributed by atoms with E-state index in [4.69, 9.17) is 0 Å². The lowest BCUT2D eigenvalue weighted by molar-refractivity contribution is 0.436. The maximum absolute atomic E-state index is 13.3. The summed E-state index contributed by atoms with van der Waals surface area (Å²) in [5.41, 5.74) is 0.603. The van der Waals surface area contributed by atoms with Crippen LogP contribution in [0.25, 0.3) is 0 Å². The molecule has 1 aromatic carbocycles. The lowest BCUT2D eigenvalue weighted by Gasteiger charge is -2.26. The van der Waals surface area contributed by atoms with Gasteiger partial charge in [0.05, 0.1) is 0 Å². The summed E-state index contributed by atoms with van der Waals surface area (Å²) in [6.45, 7) is 6.84. The SMILES string of the molecule is CC(C)(CNCC1CCCN1)c1ccc(F)c(F)c1. The van der Waals surface area contributed by atoms with E-state index in [1.165, 1.54) is 25.0 Å². The summed E-state index contributed by atoms with van der Waals surface area (Å²) >= 11 is 0. The molecule has 1 heterocycles. The van der Waals surface area contributed by atoms with Crippen molar-refractivity contribution >= 4 is 0 Å². The van der Waals surface area contributed by atoms with Gasteiger partial charge in [-0.3, -0.25) is 0 Å². The highest BCUT2D eigenvalue weighted by molar-refractivity contribution is 5.25. The summed E-state index contributed by atoms with van der Waals surface area (Å²) in [6.07, 6.45) is 2.44. The van der Waals surface area contributed by atoms with Crippen LogP contribution in [0, 0.1) is 11.6 Å². The van der Waals surface area contributed by atoms with Crippen LogP contribution in [-0.4, -0.2) is 25.7 Å². The standard InChI is InChI=1S/C15H22F2N2/c1-15(2,10-18-9-12-4-3-7-19-12)11-5-6-13(16)14(17)8-11/h5-6,8,12,18-19H,3-4,7,9-10H2,1-2H3. The highest BCUT2D eigenvalue weighted by atomic mass is 19.2. The Bertz CT molecular complexity index is 426. The first-order chi connectivity index (χ1) is 8.99. The lowest BCUT2D eigenvalue weighted by atomic mass is 9.84. The summed E-state index contributed by atoms with van der Waals surface area (Å²) < 4.78 is 26.2. The van der Waals surface area contributed by atoms with Crippen LogP contribution in [0.2, 0.25) is 0 Å². The Labute approximate surface area is 113 Å². The van der Waals surface area contributed by atoms with E-state index in [1.807, 2.05) is 13.8 Å². The van der Waals surface area contributed by atoms with Crippen molar-refractivity contribution in [2.24, 2.45) is 0 Å². The average molecular weight is 268 g/mol. The van der Waals surface area contributed by atoms with Crippen molar-refractivity contribution in [2.45, 2.75) is 38.1 Å². The Hall–Kier alpha value is -1.00. The van der Waals surface area contributed by atoms with E-state index in [0.717, 1.165) is 25.2 Å². The number of hydrogen-bond acceptors (Lipinski definition) is 2. The van der Waals surface area contributed by atoms with E-state index in [-0.39, 0.29) is 5.41 Å². The minimum atomic E-state index is -0.789. The van der Waals surface area contributed by atoms with Crippen LogP contribution in [-0.2, 0) is 5.41 Å². The van der Waals surface area contributed by atoms with Gasteiger partial charge < -0.3 is 10.6 Å². The topological polar surface area (TPSA) is 24.1 Å². The molecule has 2 nitrogen and oxygen atoms in total. The van der Waals surface area contributed by atoms with Crippen LogP contribution in [0.15, 0.2) is 18.2 Å². The van der Waals surface area contributed by atoms with Gasteiger partial charge in [0.1, 0.15) is 0 Å². The van der Waals surface area contributed by atoms with Crippen LogP contribution in [0.3, 0.4) is 0 Å². The zero-order valence-electron chi connectivity index (χ0n) is 11.6. The third kappa shape index (κ3) is 3.74. The highest BCUT2D eigenvalue weighted by Crippen LogP contribution is 2.24. The lowest BCUT2D eigenvalue weighted by Crippen LogP contribution is -2.40. The smallest absolute Gasteiger partial charge is 0.159 e. The third-order valence-electron chi connectivity index (χ3n) is 3.82. The maximum Gasteiger partial charge on any atom is 0.159 e. The Kier molecular flexibility index (Phi) is 4.53. The molecule has 1 saturated heterocycles. The molecular weight excluding hydrogens is 246 g/mol. The molecule has 0 bridgehead atoms. The first kappa shape index (κ1) is 14.4. The summed E-state index contributed by atoms with van der Waals surface area (Å²) in [4.78, 5) is 0. The Morgan fingerprint density at radius 3 is 2.74 bits per heavy atom. The monoisotopic (exact) mass is 268 g/mol. The van der Waals surface area contributed by atoms with Crippen molar-refractivity contribution in [1.29, 1.82) is 0 Å². The van der Waals surface area contributed by atoms with Crippen molar-refractivity contribution in [3.63, 3.8) is 0 Å². The van der Waals surface area contributed by atoms with Gasteiger partial charge in [-0.2, -0.15) is 0 Å². The van der Waals surface area contributed by atoms with Crippen molar-refractivity contribution in [1.82, 2.24) is 10.6 Å². The second-order valence-corrected chi connectivity index (χ2v) is 5.94. The van der Waals surface area contributed by atoms with E-state index in [0.29, 0.717) is 6.04 Å². The largest absolute Gasteiger partial charge is 0.314 e. The van der Waals surface area contributed by atoms with Gasteiger partial charge in [0.25, 0.3) is 0 Å². The fraction of sp³-hybridized carbons (Fsp3) is 0.600. The van der Waals surface area contributed by atoms with Crippen molar-refractivity contribution in [2.75, 3.05) is 19.6 Å². The summed E-state index contributed by atoms with van der Waals surface area (Å²) in [5, 5.41) is 6.85. The quantitative estimate of drug-likeness (QED) is 0.857. The molecule has 1 aliphatic rings. The third-order valence-corrected chi connectivity index (χ3v) is 3.82. The van der Waals surface area contributed by atoms with Crippen LogP contribution < -0.4 is 10.6 Å². The highest BCUT2D eigenvalue weighted by Gasteiger charge is 2.22. The van der Waals surface area contributed by atoms with Gasteiger partial charge >= 0.3 is 0 Å². The molecule has 0 radical (unpaired) electrons. The van der Waals surface area contributed by atoms with Crippen molar-refractivity contribution in [3.05, 3.63) is 35.4 Å². The molecule has 4 heteroatoms. The number of halogens is 2. The summed E-state index contributed by atoms with van der Waals surface area (Å²) in [7, 11) is 0. The first-order valence-corrected chi connectivity index (χ1v) is 6.89. The predicted molar refractivity (Wildman–Crippen MR) is 73.3 cm³/mol. The maximum atomic E-state index is 13.3. The van der Waals surface area contributed by atoms with Crippen molar-refractivity contribution < 1.29 is 8.78 Å². The number of rotatable bonds is 5. The normalized spacial score (nSPS) is 19.9. The summed E-state index contributed by atoms with van der Waals surface area (Å²) in [5.74, 6) is -1.56. The number of nitrogens with one attached hydrogen (secondary N) is 2. The molecule has 1 atom stereocenters. The van der Waals surface area contributed by atoms with Gasteiger partial charge in [0.2, 0.25) is 0 Å². The van der Waals surface area contributed by atoms with E-state index < -0.39 is 11.6 Å². The minimum Gasteiger partial charge on any atom is -0.314 e. The number of benzene rings is 1. The van der Waals surface area contributed by atoms with Crippen LogP contribution in [0.4, 0.5) is 8.78 Å². The van der Waals surface area contributed by atoms with Crippen LogP contribution >= 0.6 is 0 Å². The van der Waals surface area contributed by atoms with E-state index >= 15 is 0 Å². The molecule has 1 aromatic rings. The number of hydrogen-bond donors (Lipinski definition) is 2. The molecule has 106 valence electrons. The molecule has 2 rings (SSSR count). The average Bonchev–Trinajstić information content (AvgIpc) is 2.85. The van der Waals surface area contributed by atoms with Crippen LogP contribution in [0.5, 0.6) is 0 Å². The van der Waals surface area contributed by atoms with Gasteiger partial charge in [-0.25, -0.2) is 8.78 Å². The molecular formula is C15H22F2N2. The zero-order valence-corrected chi connectivity index (χ0v) is 11.6. The Balaban J connectivity index is 1.90. The Morgan fingerprint density at radius 1 is 1.32 bits per heavy atom. The molecule has 19 heavy (non-hydrogen) atoms. The zero-order chi connectivity index (χ0) is 13.9. The van der Waals surface area contributed by atoms with Gasteiger partial charge in [0.15, 0.2) is 11.6 Å². The van der Waals surface area contributed by atoms with Crippen molar-refractivity contribution in [3.8, 4) is 0 Å². The molecule has 0 saturated carbocycles. The van der Waals surface area contributed by atoms with E-state index in [2.05, 4.69) is 10.6 Å². The first-order valence-electron chi connectivity index (χ1n) is 6.89. The van der Waals surface area contributed by atoms with Gasteiger partial charge in [-0.15, -0.1) is 0 Å². The molecule has 0 spiro atoms. The fourth-order valence-corrected chi connectivity index (χ4v) is 2.51.